The lowest BCUT2D eigenvalue weighted by Gasteiger charge is -2.03. The molecule has 0 aliphatic heterocycles. The number of aromatic amines is 1. The van der Waals surface area contributed by atoms with E-state index in [0.717, 1.165) is 0 Å². The molecule has 1 heterocycles. The maximum Gasteiger partial charge on any atom is 0.251 e. The van der Waals surface area contributed by atoms with Crippen LogP contribution in [0.3, 0.4) is 0 Å². The minimum Gasteiger partial charge on any atom is -0.507 e. The number of nitrogens with one attached hydrogen (secondary N) is 2. The SMILES string of the molecule is O=C(NCc1nn[nH]n1)c1ccc(Br)c(O)c1. The van der Waals surface area contributed by atoms with Crippen molar-refractivity contribution in [3.8, 4) is 5.75 Å². The maximum absolute atomic E-state index is 11.7. The van der Waals surface area contributed by atoms with Crippen LogP contribution in [0.5, 0.6) is 5.75 Å². The monoisotopic (exact) mass is 297 g/mol. The van der Waals surface area contributed by atoms with Gasteiger partial charge in [-0.2, -0.15) is 5.21 Å². The summed E-state index contributed by atoms with van der Waals surface area (Å²) in [5, 5.41) is 25.1. The Balaban J connectivity index is 2.02. The highest BCUT2D eigenvalue weighted by atomic mass is 79.9. The van der Waals surface area contributed by atoms with Crippen molar-refractivity contribution < 1.29 is 9.90 Å². The molecule has 17 heavy (non-hydrogen) atoms. The second-order valence-electron chi connectivity index (χ2n) is 3.18. The Morgan fingerprint density at radius 3 is 3.00 bits per heavy atom. The predicted molar refractivity (Wildman–Crippen MR) is 61.2 cm³/mol. The quantitative estimate of drug-likeness (QED) is 0.769. The molecule has 0 bridgehead atoms. The summed E-state index contributed by atoms with van der Waals surface area (Å²) in [6.07, 6.45) is 0. The van der Waals surface area contributed by atoms with Gasteiger partial charge in [0.05, 0.1) is 11.0 Å². The fourth-order valence-electron chi connectivity index (χ4n) is 1.17. The Kier molecular flexibility index (Phi) is 3.33. The summed E-state index contributed by atoms with van der Waals surface area (Å²) in [6.45, 7) is 0.173. The molecular formula is C9H8BrN5O2. The van der Waals surface area contributed by atoms with Gasteiger partial charge in [-0.25, -0.2) is 0 Å². The van der Waals surface area contributed by atoms with E-state index < -0.39 is 0 Å². The first-order chi connectivity index (χ1) is 8.16. The van der Waals surface area contributed by atoms with Gasteiger partial charge in [0.2, 0.25) is 0 Å². The van der Waals surface area contributed by atoms with E-state index >= 15 is 0 Å². The molecule has 0 saturated carbocycles. The van der Waals surface area contributed by atoms with Crippen LogP contribution < -0.4 is 5.32 Å². The third-order valence-electron chi connectivity index (χ3n) is 2.00. The van der Waals surface area contributed by atoms with Crippen molar-refractivity contribution in [1.29, 1.82) is 0 Å². The Labute approximate surface area is 104 Å². The first-order valence-electron chi connectivity index (χ1n) is 4.66. The first-order valence-corrected chi connectivity index (χ1v) is 5.45. The molecular weight excluding hydrogens is 290 g/mol. The number of rotatable bonds is 3. The number of phenolic OH excluding ortho intramolecular Hbond substituents is 1. The summed E-state index contributed by atoms with van der Waals surface area (Å²) in [5.41, 5.74) is 0.356. The Hall–Kier alpha value is -1.96. The number of carbonyl (C=O) groups excluding carboxylic acids is 1. The third kappa shape index (κ3) is 2.78. The highest BCUT2D eigenvalue weighted by Crippen LogP contribution is 2.24. The molecule has 0 unspecified atom stereocenters. The number of aromatic hydroxyl groups is 1. The fraction of sp³-hybridized carbons (Fsp3) is 0.111. The van der Waals surface area contributed by atoms with Crippen LogP contribution in [-0.4, -0.2) is 31.6 Å². The summed E-state index contributed by atoms with van der Waals surface area (Å²) < 4.78 is 0.534. The predicted octanol–water partition coefficient (Wildman–Crippen LogP) is 0.598. The lowest BCUT2D eigenvalue weighted by atomic mass is 10.2. The molecule has 0 atom stereocenters. The number of tetrazole rings is 1. The lowest BCUT2D eigenvalue weighted by Crippen LogP contribution is -2.23. The number of amides is 1. The van der Waals surface area contributed by atoms with Crippen molar-refractivity contribution in [2.24, 2.45) is 0 Å². The number of halogens is 1. The number of aromatic nitrogens is 4. The van der Waals surface area contributed by atoms with Crippen molar-refractivity contribution in [3.63, 3.8) is 0 Å². The zero-order valence-corrected chi connectivity index (χ0v) is 10.1. The highest BCUT2D eigenvalue weighted by molar-refractivity contribution is 9.10. The van der Waals surface area contributed by atoms with E-state index in [9.17, 15) is 9.90 Å². The molecule has 2 rings (SSSR count). The van der Waals surface area contributed by atoms with E-state index in [2.05, 4.69) is 41.9 Å². The maximum atomic E-state index is 11.7. The molecule has 1 amide bonds. The average molecular weight is 298 g/mol. The molecule has 1 aromatic heterocycles. The van der Waals surface area contributed by atoms with Gasteiger partial charge in [-0.05, 0) is 34.1 Å². The number of hydrogen-bond acceptors (Lipinski definition) is 5. The lowest BCUT2D eigenvalue weighted by molar-refractivity contribution is 0.0949. The molecule has 0 saturated heterocycles. The molecule has 1 aromatic carbocycles. The van der Waals surface area contributed by atoms with E-state index in [1.165, 1.54) is 6.07 Å². The Morgan fingerprint density at radius 2 is 2.35 bits per heavy atom. The van der Waals surface area contributed by atoms with Crippen molar-refractivity contribution >= 4 is 21.8 Å². The number of carbonyl (C=O) groups is 1. The summed E-state index contributed by atoms with van der Waals surface area (Å²) in [6, 6.07) is 4.56. The largest absolute Gasteiger partial charge is 0.507 e. The molecule has 0 radical (unpaired) electrons. The van der Waals surface area contributed by atoms with Crippen LogP contribution in [0.4, 0.5) is 0 Å². The molecule has 7 nitrogen and oxygen atoms in total. The number of hydrogen-bond donors (Lipinski definition) is 3. The topological polar surface area (TPSA) is 104 Å². The van der Waals surface area contributed by atoms with Crippen LogP contribution in [-0.2, 0) is 6.54 Å². The van der Waals surface area contributed by atoms with Crippen LogP contribution in [0.1, 0.15) is 16.2 Å². The summed E-state index contributed by atoms with van der Waals surface area (Å²) in [7, 11) is 0. The van der Waals surface area contributed by atoms with E-state index in [0.29, 0.717) is 15.9 Å². The fourth-order valence-corrected chi connectivity index (χ4v) is 1.42. The van der Waals surface area contributed by atoms with E-state index in [4.69, 9.17) is 0 Å². The Bertz CT molecular complexity index is 528. The normalized spacial score (nSPS) is 10.2. The van der Waals surface area contributed by atoms with Crippen LogP contribution in [0.25, 0.3) is 0 Å². The zero-order chi connectivity index (χ0) is 12.3. The van der Waals surface area contributed by atoms with Gasteiger partial charge in [-0.15, -0.1) is 10.2 Å². The van der Waals surface area contributed by atoms with E-state index in [1.807, 2.05) is 0 Å². The average Bonchev–Trinajstić information content (AvgIpc) is 2.82. The molecule has 3 N–H and O–H groups in total. The van der Waals surface area contributed by atoms with E-state index in [-0.39, 0.29) is 18.2 Å². The molecule has 0 spiro atoms. The van der Waals surface area contributed by atoms with Crippen molar-refractivity contribution in [2.45, 2.75) is 6.54 Å². The van der Waals surface area contributed by atoms with Gasteiger partial charge in [-0.1, -0.05) is 5.21 Å². The highest BCUT2D eigenvalue weighted by Gasteiger charge is 2.08. The number of phenols is 1. The van der Waals surface area contributed by atoms with Crippen molar-refractivity contribution in [3.05, 3.63) is 34.1 Å². The number of benzene rings is 1. The van der Waals surface area contributed by atoms with Gasteiger partial charge >= 0.3 is 0 Å². The number of H-pyrrole nitrogens is 1. The minimum absolute atomic E-state index is 0.0113. The van der Waals surface area contributed by atoms with Gasteiger partial charge in [0, 0.05) is 5.56 Å². The number of nitrogens with zero attached hydrogens (tertiary/aromatic N) is 3. The first kappa shape index (κ1) is 11.5. The van der Waals surface area contributed by atoms with Crippen LogP contribution >= 0.6 is 15.9 Å². The standard InChI is InChI=1S/C9H8BrN5O2/c10-6-2-1-5(3-7(6)16)9(17)11-4-8-12-14-15-13-8/h1-3,16H,4H2,(H,11,17)(H,12,13,14,15). The molecule has 0 aliphatic rings. The van der Waals surface area contributed by atoms with Gasteiger partial charge < -0.3 is 10.4 Å². The van der Waals surface area contributed by atoms with Gasteiger partial charge in [-0.3, -0.25) is 4.79 Å². The Morgan fingerprint density at radius 1 is 1.53 bits per heavy atom. The third-order valence-corrected chi connectivity index (χ3v) is 2.68. The molecule has 0 aliphatic carbocycles. The minimum atomic E-state index is -0.322. The summed E-state index contributed by atoms with van der Waals surface area (Å²) in [5.74, 6) is 0.0782. The summed E-state index contributed by atoms with van der Waals surface area (Å²) in [4.78, 5) is 11.7. The van der Waals surface area contributed by atoms with Crippen LogP contribution in [0.2, 0.25) is 0 Å². The van der Waals surface area contributed by atoms with E-state index in [1.54, 1.807) is 12.1 Å². The molecule has 0 fully saturated rings. The van der Waals surface area contributed by atoms with Crippen LogP contribution in [0.15, 0.2) is 22.7 Å². The van der Waals surface area contributed by atoms with Crippen LogP contribution in [0, 0.1) is 0 Å². The van der Waals surface area contributed by atoms with Gasteiger partial charge in [0.1, 0.15) is 5.75 Å². The second kappa shape index (κ2) is 4.91. The molecule has 88 valence electrons. The van der Waals surface area contributed by atoms with Crippen molar-refractivity contribution in [1.82, 2.24) is 25.9 Å². The summed E-state index contributed by atoms with van der Waals surface area (Å²) >= 11 is 3.13. The van der Waals surface area contributed by atoms with Gasteiger partial charge in [0.25, 0.3) is 5.91 Å². The molecule has 2 aromatic rings. The second-order valence-corrected chi connectivity index (χ2v) is 4.03. The van der Waals surface area contributed by atoms with Gasteiger partial charge in [0.15, 0.2) is 5.82 Å². The van der Waals surface area contributed by atoms with Crippen molar-refractivity contribution in [2.75, 3.05) is 0 Å². The smallest absolute Gasteiger partial charge is 0.251 e. The molecule has 8 heteroatoms. The zero-order valence-electron chi connectivity index (χ0n) is 8.51.